The van der Waals surface area contributed by atoms with Crippen LogP contribution >= 0.6 is 0 Å². The van der Waals surface area contributed by atoms with E-state index in [1.807, 2.05) is 24.3 Å². The number of fused-ring (bicyclic) bond motifs is 1. The molecule has 0 saturated carbocycles. The molecule has 2 aromatic carbocycles. The summed E-state index contributed by atoms with van der Waals surface area (Å²) in [5, 5.41) is 7.97. The van der Waals surface area contributed by atoms with Crippen molar-refractivity contribution in [2.24, 2.45) is 0 Å². The number of nitrogens with one attached hydrogen (secondary N) is 3. The summed E-state index contributed by atoms with van der Waals surface area (Å²) in [6.45, 7) is 5.30. The largest absolute Gasteiger partial charge is 0.421 e. The number of hydrogen-bond donors (Lipinski definition) is 3. The van der Waals surface area contributed by atoms with Gasteiger partial charge in [-0.3, -0.25) is 33.8 Å². The zero-order valence-electron chi connectivity index (χ0n) is 34.7. The normalized spacial score (nSPS) is 19.3. The van der Waals surface area contributed by atoms with Crippen LogP contribution in [-0.2, 0) is 45.4 Å². The van der Waals surface area contributed by atoms with Gasteiger partial charge in [0.25, 0.3) is 5.91 Å². The Hall–Kier alpha value is -5.93. The summed E-state index contributed by atoms with van der Waals surface area (Å²) in [6, 6.07) is 13.3. The molecule has 0 spiro atoms. The number of sulfonamides is 1. The monoisotopic (exact) mass is 893 g/mol. The number of amides is 3. The minimum Gasteiger partial charge on any atom is -0.371 e. The predicted molar refractivity (Wildman–Crippen MR) is 226 cm³/mol. The van der Waals surface area contributed by atoms with Gasteiger partial charge >= 0.3 is 6.18 Å². The SMILES string of the molecule is CN(c1ncccc1CNc1nc(Nc2ccc(N3CCC(N4CCN(Cc5cc6c(cc5F)C(=O)N(C5CCC(=O)NC5=O)C6)CC4)CC3)cc2)ncc1C(F)(F)F)S(C)(=O)=O. The van der Waals surface area contributed by atoms with Crippen LogP contribution in [0.15, 0.2) is 60.9 Å². The Bertz CT molecular complexity index is 2500. The standard InChI is InChI=1S/C42H47F4N11O5S/c1-53(63(2,61)62)38-26(4-3-13-47-38)22-48-37-33(42(44,45)46)23-49-41(52-37)50-29-5-7-30(8-6-29)55-14-11-31(12-15-55)56-18-16-54(17-19-56)24-28-20-27-25-57(40(60)32(27)21-34(28)43)35-9-10-36(58)51-39(35)59/h3-8,13,20-21,23,31,35H,9-12,14-19,22,24-25H2,1-2H3,(H,51,58,59)(H2,48,49,50,52). The molecule has 4 aliphatic heterocycles. The van der Waals surface area contributed by atoms with Gasteiger partial charge in [0.2, 0.25) is 27.8 Å². The molecule has 0 aliphatic carbocycles. The average molecular weight is 894 g/mol. The number of carbonyl (C=O) groups is 3. The molecule has 1 atom stereocenters. The van der Waals surface area contributed by atoms with E-state index in [0.29, 0.717) is 41.2 Å². The number of aromatic nitrogens is 3. The summed E-state index contributed by atoms with van der Waals surface area (Å²) in [5.74, 6) is -2.17. The molecule has 8 rings (SSSR count). The van der Waals surface area contributed by atoms with Crippen LogP contribution in [-0.4, -0.2) is 120 Å². The minimum atomic E-state index is -4.76. The number of imide groups is 1. The van der Waals surface area contributed by atoms with E-state index in [1.165, 1.54) is 24.2 Å². The van der Waals surface area contributed by atoms with E-state index in [9.17, 15) is 36.0 Å². The first kappa shape index (κ1) is 43.7. The summed E-state index contributed by atoms with van der Waals surface area (Å²) in [6.07, 6.45) is 0.650. The maximum atomic E-state index is 15.3. The molecular weight excluding hydrogens is 847 g/mol. The zero-order valence-corrected chi connectivity index (χ0v) is 35.5. The summed E-state index contributed by atoms with van der Waals surface area (Å²) >= 11 is 0. The molecule has 0 bridgehead atoms. The van der Waals surface area contributed by atoms with Gasteiger partial charge in [-0.15, -0.1) is 0 Å². The van der Waals surface area contributed by atoms with Crippen molar-refractivity contribution in [1.29, 1.82) is 0 Å². The maximum absolute atomic E-state index is 15.3. The highest BCUT2D eigenvalue weighted by molar-refractivity contribution is 7.92. The van der Waals surface area contributed by atoms with Gasteiger partial charge in [0.1, 0.15) is 29.1 Å². The minimum absolute atomic E-state index is 0.0638. The maximum Gasteiger partial charge on any atom is 0.421 e. The molecule has 3 amide bonds. The number of anilines is 5. The number of nitrogens with zero attached hydrogens (tertiary/aromatic N) is 8. The van der Waals surface area contributed by atoms with E-state index in [-0.39, 0.29) is 49.2 Å². The van der Waals surface area contributed by atoms with Crippen LogP contribution in [0.1, 0.15) is 58.3 Å². The van der Waals surface area contributed by atoms with Crippen molar-refractivity contribution in [3.63, 3.8) is 0 Å². The Morgan fingerprint density at radius 2 is 1.67 bits per heavy atom. The predicted octanol–water partition coefficient (Wildman–Crippen LogP) is 4.33. The van der Waals surface area contributed by atoms with Crippen LogP contribution in [0.2, 0.25) is 0 Å². The summed E-state index contributed by atoms with van der Waals surface area (Å²) in [7, 11) is -2.37. The summed E-state index contributed by atoms with van der Waals surface area (Å²) < 4.78 is 82.5. The molecule has 1 unspecified atom stereocenters. The molecule has 16 nitrogen and oxygen atoms in total. The van der Waals surface area contributed by atoms with Crippen molar-refractivity contribution in [2.45, 2.75) is 63.6 Å². The van der Waals surface area contributed by atoms with Gasteiger partial charge in [-0.05, 0) is 67.3 Å². The second-order valence-corrected chi connectivity index (χ2v) is 18.2. The molecule has 3 fully saturated rings. The lowest BCUT2D eigenvalue weighted by Crippen LogP contribution is -2.53. The first-order chi connectivity index (χ1) is 30.0. The second-order valence-electron chi connectivity index (χ2n) is 16.2. The van der Waals surface area contributed by atoms with Gasteiger partial charge in [-0.1, -0.05) is 6.07 Å². The Balaban J connectivity index is 0.821. The lowest BCUT2D eigenvalue weighted by molar-refractivity contribution is -0.138. The third kappa shape index (κ3) is 9.69. The molecule has 3 N–H and O–H groups in total. The second kappa shape index (κ2) is 17.7. The summed E-state index contributed by atoms with van der Waals surface area (Å²) in [5.41, 5.74) is 2.30. The fourth-order valence-electron chi connectivity index (χ4n) is 8.63. The Morgan fingerprint density at radius 3 is 2.35 bits per heavy atom. The molecule has 2 aromatic heterocycles. The number of halogens is 4. The molecule has 4 aliphatic rings. The Labute approximate surface area is 361 Å². The third-order valence-electron chi connectivity index (χ3n) is 12.2. The highest BCUT2D eigenvalue weighted by Gasteiger charge is 2.40. The van der Waals surface area contributed by atoms with Gasteiger partial charge in [0.15, 0.2) is 0 Å². The number of alkyl halides is 3. The lowest BCUT2D eigenvalue weighted by atomic mass is 10.0. The molecule has 334 valence electrons. The molecule has 6 heterocycles. The average Bonchev–Trinajstić information content (AvgIpc) is 3.56. The van der Waals surface area contributed by atoms with Gasteiger partial charge in [0.05, 0.1) is 6.26 Å². The molecule has 63 heavy (non-hydrogen) atoms. The summed E-state index contributed by atoms with van der Waals surface area (Å²) in [4.78, 5) is 57.7. The van der Waals surface area contributed by atoms with Crippen LogP contribution in [0.3, 0.4) is 0 Å². The smallest absolute Gasteiger partial charge is 0.371 e. The van der Waals surface area contributed by atoms with Crippen LogP contribution in [0.4, 0.5) is 46.5 Å². The number of benzene rings is 2. The third-order valence-corrected chi connectivity index (χ3v) is 13.3. The topological polar surface area (TPSA) is 176 Å². The van der Waals surface area contributed by atoms with Crippen molar-refractivity contribution in [1.82, 2.24) is 35.0 Å². The Kier molecular flexibility index (Phi) is 12.3. The highest BCUT2D eigenvalue weighted by atomic mass is 32.2. The zero-order chi connectivity index (χ0) is 44.6. The highest BCUT2D eigenvalue weighted by Crippen LogP contribution is 2.35. The van der Waals surface area contributed by atoms with Crippen LogP contribution in [0, 0.1) is 5.82 Å². The van der Waals surface area contributed by atoms with E-state index < -0.39 is 51.3 Å². The molecular formula is C42H47F4N11O5S. The fraction of sp³-hybridized carbons (Fsp3) is 0.429. The van der Waals surface area contributed by atoms with E-state index in [0.717, 1.165) is 68.4 Å². The van der Waals surface area contributed by atoms with Gasteiger partial charge in [-0.2, -0.15) is 18.2 Å². The Morgan fingerprint density at radius 1 is 0.937 bits per heavy atom. The van der Waals surface area contributed by atoms with Crippen molar-refractivity contribution in [3.05, 3.63) is 94.6 Å². The van der Waals surface area contributed by atoms with Crippen molar-refractivity contribution in [3.8, 4) is 0 Å². The van der Waals surface area contributed by atoms with Crippen LogP contribution in [0.5, 0.6) is 0 Å². The van der Waals surface area contributed by atoms with Crippen molar-refractivity contribution >= 4 is 56.7 Å². The van der Waals surface area contributed by atoms with E-state index in [4.69, 9.17) is 0 Å². The number of pyridine rings is 1. The number of carbonyl (C=O) groups excluding carboxylic acids is 3. The lowest BCUT2D eigenvalue weighted by Gasteiger charge is -2.43. The van der Waals surface area contributed by atoms with E-state index in [2.05, 4.69) is 45.6 Å². The number of rotatable bonds is 12. The molecule has 4 aromatic rings. The fourth-order valence-corrected chi connectivity index (χ4v) is 9.11. The van der Waals surface area contributed by atoms with Gasteiger partial charge in [-0.25, -0.2) is 22.8 Å². The first-order valence-electron chi connectivity index (χ1n) is 20.6. The van der Waals surface area contributed by atoms with Crippen molar-refractivity contribution in [2.75, 3.05) is 72.4 Å². The van der Waals surface area contributed by atoms with Crippen molar-refractivity contribution < 1.29 is 40.4 Å². The molecule has 21 heteroatoms. The van der Waals surface area contributed by atoms with Crippen LogP contribution in [0.25, 0.3) is 0 Å². The van der Waals surface area contributed by atoms with Gasteiger partial charge in [0, 0.05) is 119 Å². The molecule has 3 saturated heterocycles. The van der Waals surface area contributed by atoms with Gasteiger partial charge < -0.3 is 20.4 Å². The number of piperidine rings is 2. The van der Waals surface area contributed by atoms with E-state index in [1.54, 1.807) is 18.2 Å². The number of piperazine rings is 1. The van der Waals surface area contributed by atoms with E-state index >= 15 is 4.39 Å². The molecule has 0 radical (unpaired) electrons. The number of hydrogen-bond acceptors (Lipinski definition) is 13. The first-order valence-corrected chi connectivity index (χ1v) is 22.5. The quantitative estimate of drug-likeness (QED) is 0.136. The van der Waals surface area contributed by atoms with Crippen LogP contribution < -0.4 is 25.2 Å².